The van der Waals surface area contributed by atoms with Crippen molar-refractivity contribution in [1.29, 1.82) is 0 Å². The molecule has 0 atom stereocenters. The van der Waals surface area contributed by atoms with Gasteiger partial charge in [-0.15, -0.1) is 0 Å². The van der Waals surface area contributed by atoms with E-state index < -0.39 is 11.5 Å². The number of pyridine rings is 1. The van der Waals surface area contributed by atoms with Gasteiger partial charge in [-0.3, -0.25) is 9.59 Å². The Balaban J connectivity index is 1.90. The lowest BCUT2D eigenvalue weighted by atomic mass is 10.2. The van der Waals surface area contributed by atoms with Gasteiger partial charge in [-0.1, -0.05) is 12.1 Å². The number of carbonyl (C=O) groups excluding carboxylic acids is 2. The van der Waals surface area contributed by atoms with Crippen molar-refractivity contribution in [1.82, 2.24) is 15.6 Å². The van der Waals surface area contributed by atoms with Crippen molar-refractivity contribution in [2.75, 3.05) is 5.32 Å². The molecule has 2 rings (SSSR count). The molecule has 0 fully saturated rings. The molecule has 1 heterocycles. The van der Waals surface area contributed by atoms with E-state index in [0.717, 1.165) is 5.56 Å². The quantitative estimate of drug-likeness (QED) is 0.673. The smallest absolute Gasteiger partial charge is 0.319 e. The molecule has 3 amide bonds. The van der Waals surface area contributed by atoms with Crippen molar-refractivity contribution < 1.29 is 9.59 Å². The lowest BCUT2D eigenvalue weighted by Gasteiger charge is -2.10. The second kappa shape index (κ2) is 7.96. The molecule has 24 heavy (non-hydrogen) atoms. The van der Waals surface area contributed by atoms with Crippen LogP contribution in [0.25, 0.3) is 0 Å². The first-order valence-electron chi connectivity index (χ1n) is 7.58. The Morgan fingerprint density at radius 1 is 1.12 bits per heavy atom. The van der Waals surface area contributed by atoms with Crippen molar-refractivity contribution >= 4 is 17.6 Å². The summed E-state index contributed by atoms with van der Waals surface area (Å²) in [6.07, 6.45) is 1.47. The number of amides is 3. The molecule has 0 aliphatic carbocycles. The Morgan fingerprint density at radius 2 is 1.83 bits per heavy atom. The summed E-state index contributed by atoms with van der Waals surface area (Å²) in [7, 11) is 0. The maximum atomic E-state index is 12.0. The van der Waals surface area contributed by atoms with Gasteiger partial charge in [-0.25, -0.2) is 4.79 Å². The fraction of sp³-hybridized carbons (Fsp3) is 0.235. The number of aromatic nitrogens is 1. The lowest BCUT2D eigenvalue weighted by molar-refractivity contribution is 0.0949. The Morgan fingerprint density at radius 3 is 2.46 bits per heavy atom. The SMILES string of the molecule is CC(C)NC(=O)Nc1ccc(CNC(=O)c2ccc[nH]c2=O)cc1. The molecular weight excluding hydrogens is 308 g/mol. The van der Waals surface area contributed by atoms with Gasteiger partial charge in [0.25, 0.3) is 11.5 Å². The van der Waals surface area contributed by atoms with Crippen molar-refractivity contribution in [2.24, 2.45) is 0 Å². The molecule has 7 heteroatoms. The third kappa shape index (κ3) is 4.98. The molecule has 126 valence electrons. The number of aromatic amines is 1. The van der Waals surface area contributed by atoms with Crippen LogP contribution < -0.4 is 21.5 Å². The van der Waals surface area contributed by atoms with Crippen molar-refractivity contribution in [3.05, 3.63) is 64.1 Å². The average Bonchev–Trinajstić information content (AvgIpc) is 2.53. The fourth-order valence-electron chi connectivity index (χ4n) is 2.01. The Bertz CT molecular complexity index is 766. The molecule has 0 bridgehead atoms. The van der Waals surface area contributed by atoms with Crippen LogP contribution in [0.5, 0.6) is 0 Å². The second-order valence-corrected chi connectivity index (χ2v) is 5.55. The van der Waals surface area contributed by atoms with E-state index in [1.54, 1.807) is 30.3 Å². The van der Waals surface area contributed by atoms with Gasteiger partial charge in [-0.05, 0) is 43.7 Å². The van der Waals surface area contributed by atoms with Crippen LogP contribution in [0.3, 0.4) is 0 Å². The van der Waals surface area contributed by atoms with Crippen LogP contribution in [0.15, 0.2) is 47.4 Å². The first kappa shape index (κ1) is 17.3. The molecular formula is C17H20N4O3. The highest BCUT2D eigenvalue weighted by Crippen LogP contribution is 2.09. The van der Waals surface area contributed by atoms with Gasteiger partial charge in [0, 0.05) is 24.5 Å². The summed E-state index contributed by atoms with van der Waals surface area (Å²) in [4.78, 5) is 37.5. The lowest BCUT2D eigenvalue weighted by Crippen LogP contribution is -2.34. The van der Waals surface area contributed by atoms with Gasteiger partial charge in [0.1, 0.15) is 5.56 Å². The molecule has 7 nitrogen and oxygen atoms in total. The minimum Gasteiger partial charge on any atom is -0.348 e. The third-order valence-corrected chi connectivity index (χ3v) is 3.15. The summed E-state index contributed by atoms with van der Waals surface area (Å²) in [5.41, 5.74) is 1.15. The van der Waals surface area contributed by atoms with E-state index in [9.17, 15) is 14.4 Å². The normalized spacial score (nSPS) is 10.3. The maximum absolute atomic E-state index is 12.0. The predicted molar refractivity (Wildman–Crippen MR) is 92.0 cm³/mol. The molecule has 4 N–H and O–H groups in total. The Kier molecular flexibility index (Phi) is 5.73. The molecule has 0 aliphatic rings. The zero-order valence-corrected chi connectivity index (χ0v) is 13.6. The van der Waals surface area contributed by atoms with Crippen LogP contribution in [0, 0.1) is 0 Å². The molecule has 0 spiro atoms. The first-order chi connectivity index (χ1) is 11.5. The zero-order chi connectivity index (χ0) is 17.5. The Hall–Kier alpha value is -3.09. The van der Waals surface area contributed by atoms with Gasteiger partial charge in [-0.2, -0.15) is 0 Å². The predicted octanol–water partition coefficient (Wildman–Crippen LogP) is 1.83. The maximum Gasteiger partial charge on any atom is 0.319 e. The van der Waals surface area contributed by atoms with Crippen LogP contribution in [0.1, 0.15) is 29.8 Å². The standard InChI is InChI=1S/C17H20N4O3/c1-11(2)20-17(24)21-13-7-5-12(6-8-13)10-19-16(23)14-4-3-9-18-15(14)22/h3-9,11H,10H2,1-2H3,(H,18,22)(H,19,23)(H2,20,21,24). The number of rotatable bonds is 5. The third-order valence-electron chi connectivity index (χ3n) is 3.15. The van der Waals surface area contributed by atoms with Crippen molar-refractivity contribution in [3.63, 3.8) is 0 Å². The highest BCUT2D eigenvalue weighted by Gasteiger charge is 2.09. The molecule has 1 aromatic heterocycles. The van der Waals surface area contributed by atoms with Gasteiger partial charge in [0.2, 0.25) is 0 Å². The molecule has 0 saturated carbocycles. The number of anilines is 1. The van der Waals surface area contributed by atoms with E-state index in [2.05, 4.69) is 20.9 Å². The average molecular weight is 328 g/mol. The number of benzene rings is 1. The van der Waals surface area contributed by atoms with Crippen LogP contribution in [0.4, 0.5) is 10.5 Å². The van der Waals surface area contributed by atoms with Gasteiger partial charge in [0.15, 0.2) is 0 Å². The van der Waals surface area contributed by atoms with E-state index in [4.69, 9.17) is 0 Å². The first-order valence-corrected chi connectivity index (χ1v) is 7.58. The van der Waals surface area contributed by atoms with Gasteiger partial charge < -0.3 is 20.9 Å². The molecule has 1 aromatic carbocycles. The van der Waals surface area contributed by atoms with Crippen LogP contribution in [0.2, 0.25) is 0 Å². The number of carbonyl (C=O) groups is 2. The fourth-order valence-corrected chi connectivity index (χ4v) is 2.01. The monoisotopic (exact) mass is 328 g/mol. The molecule has 0 aliphatic heterocycles. The van der Waals surface area contributed by atoms with Crippen molar-refractivity contribution in [3.8, 4) is 0 Å². The summed E-state index contributed by atoms with van der Waals surface area (Å²) < 4.78 is 0. The van der Waals surface area contributed by atoms with E-state index in [-0.39, 0.29) is 24.2 Å². The Labute approximate surface area is 139 Å². The number of hydrogen-bond donors (Lipinski definition) is 4. The number of hydrogen-bond acceptors (Lipinski definition) is 3. The van der Waals surface area contributed by atoms with Gasteiger partial charge >= 0.3 is 6.03 Å². The van der Waals surface area contributed by atoms with Crippen molar-refractivity contribution in [2.45, 2.75) is 26.4 Å². The summed E-state index contributed by atoms with van der Waals surface area (Å²) >= 11 is 0. The summed E-state index contributed by atoms with van der Waals surface area (Å²) in [5, 5.41) is 8.13. The summed E-state index contributed by atoms with van der Waals surface area (Å²) in [6.45, 7) is 4.04. The zero-order valence-electron chi connectivity index (χ0n) is 13.6. The summed E-state index contributed by atoms with van der Waals surface area (Å²) in [6, 6.07) is 9.93. The van der Waals surface area contributed by atoms with Crippen LogP contribution in [-0.4, -0.2) is 23.0 Å². The molecule has 0 radical (unpaired) electrons. The highest BCUT2D eigenvalue weighted by atomic mass is 16.2. The number of H-pyrrole nitrogens is 1. The number of urea groups is 1. The van der Waals surface area contributed by atoms with E-state index in [1.165, 1.54) is 12.3 Å². The second-order valence-electron chi connectivity index (χ2n) is 5.55. The minimum atomic E-state index is -0.435. The van der Waals surface area contributed by atoms with Crippen LogP contribution in [-0.2, 0) is 6.54 Å². The van der Waals surface area contributed by atoms with E-state index in [0.29, 0.717) is 5.69 Å². The van der Waals surface area contributed by atoms with Crippen LogP contribution >= 0.6 is 0 Å². The van der Waals surface area contributed by atoms with E-state index in [1.807, 2.05) is 13.8 Å². The molecule has 0 unspecified atom stereocenters. The van der Waals surface area contributed by atoms with Gasteiger partial charge in [0.05, 0.1) is 0 Å². The van der Waals surface area contributed by atoms with E-state index >= 15 is 0 Å². The highest BCUT2D eigenvalue weighted by molar-refractivity contribution is 5.93. The number of nitrogens with one attached hydrogen (secondary N) is 4. The summed E-state index contributed by atoms with van der Waals surface area (Å²) in [5.74, 6) is -0.435. The largest absolute Gasteiger partial charge is 0.348 e. The minimum absolute atomic E-state index is 0.0561. The molecule has 0 saturated heterocycles. The topological polar surface area (TPSA) is 103 Å². The molecule has 2 aromatic rings.